The van der Waals surface area contributed by atoms with Gasteiger partial charge in [-0.25, -0.2) is 13.2 Å². The van der Waals surface area contributed by atoms with Crippen LogP contribution in [0, 0.1) is 12.3 Å². The lowest BCUT2D eigenvalue weighted by Crippen LogP contribution is -2.21. The van der Waals surface area contributed by atoms with Gasteiger partial charge in [-0.3, -0.25) is 10.4 Å². The third kappa shape index (κ3) is 6.33. The molecule has 0 saturated heterocycles. The van der Waals surface area contributed by atoms with Gasteiger partial charge < -0.3 is 10.8 Å². The number of amidine groups is 1. The summed E-state index contributed by atoms with van der Waals surface area (Å²) < 4.78 is 58.7. The van der Waals surface area contributed by atoms with Crippen molar-refractivity contribution < 1.29 is 31.5 Å². The fourth-order valence-electron chi connectivity index (χ4n) is 2.57. The zero-order valence-electron chi connectivity index (χ0n) is 17.2. The highest BCUT2D eigenvalue weighted by Crippen LogP contribution is 2.37. The SMILES string of the molecule is CSc1sc(C(=N)N)cc1S(=O)(=O)c1cccc(-c2ccncc2C)c1.O=C(O)C(F)(F)F. The molecule has 0 amide bonds. The lowest BCUT2D eigenvalue weighted by molar-refractivity contribution is -0.192. The maximum atomic E-state index is 13.2. The van der Waals surface area contributed by atoms with E-state index >= 15 is 0 Å². The van der Waals surface area contributed by atoms with Gasteiger partial charge >= 0.3 is 12.1 Å². The fraction of sp³-hybridized carbons (Fsp3) is 0.150. The zero-order chi connectivity index (χ0) is 25.0. The van der Waals surface area contributed by atoms with E-state index in [1.165, 1.54) is 29.2 Å². The lowest BCUT2D eigenvalue weighted by atomic mass is 10.0. The number of carboxylic acid groups (broad SMARTS) is 1. The van der Waals surface area contributed by atoms with E-state index in [4.69, 9.17) is 21.0 Å². The maximum absolute atomic E-state index is 13.2. The van der Waals surface area contributed by atoms with Crippen molar-refractivity contribution in [2.24, 2.45) is 5.73 Å². The highest BCUT2D eigenvalue weighted by molar-refractivity contribution is 8.01. The van der Waals surface area contributed by atoms with Gasteiger partial charge in [-0.2, -0.15) is 13.2 Å². The quantitative estimate of drug-likeness (QED) is 0.256. The first-order valence-corrected chi connectivity index (χ1v) is 12.4. The van der Waals surface area contributed by atoms with E-state index in [0.29, 0.717) is 9.09 Å². The summed E-state index contributed by atoms with van der Waals surface area (Å²) in [6, 6.07) is 10.2. The van der Waals surface area contributed by atoms with Crippen LogP contribution in [0.1, 0.15) is 10.4 Å². The van der Waals surface area contributed by atoms with E-state index in [1.54, 1.807) is 30.6 Å². The van der Waals surface area contributed by atoms with Crippen molar-refractivity contribution in [2.45, 2.75) is 27.1 Å². The van der Waals surface area contributed by atoms with Crippen LogP contribution >= 0.6 is 23.1 Å². The minimum absolute atomic E-state index is 0.132. The minimum atomic E-state index is -5.08. The Labute approximate surface area is 195 Å². The van der Waals surface area contributed by atoms with Crippen LogP contribution in [0.2, 0.25) is 0 Å². The van der Waals surface area contributed by atoms with E-state index < -0.39 is 22.0 Å². The van der Waals surface area contributed by atoms with Crippen molar-refractivity contribution >= 4 is 44.7 Å². The third-order valence-electron chi connectivity index (χ3n) is 4.12. The Kier molecular flexibility index (Phi) is 8.27. The number of halogens is 3. The predicted molar refractivity (Wildman–Crippen MR) is 121 cm³/mol. The number of pyridine rings is 1. The van der Waals surface area contributed by atoms with Crippen LogP contribution in [-0.4, -0.2) is 42.7 Å². The van der Waals surface area contributed by atoms with Gasteiger partial charge in [-0.05, 0) is 54.1 Å². The van der Waals surface area contributed by atoms with Crippen molar-refractivity contribution in [1.29, 1.82) is 5.41 Å². The Morgan fingerprint density at radius 2 is 1.88 bits per heavy atom. The molecule has 0 bridgehead atoms. The number of nitrogens with one attached hydrogen (secondary N) is 1. The molecule has 3 rings (SSSR count). The van der Waals surface area contributed by atoms with Crippen LogP contribution < -0.4 is 5.73 Å². The molecule has 33 heavy (non-hydrogen) atoms. The molecule has 2 heterocycles. The van der Waals surface area contributed by atoms with Crippen molar-refractivity contribution in [2.75, 3.05) is 6.26 Å². The Morgan fingerprint density at radius 3 is 2.39 bits per heavy atom. The van der Waals surface area contributed by atoms with Crippen molar-refractivity contribution in [3.05, 3.63) is 59.2 Å². The molecule has 0 aliphatic carbocycles. The molecule has 0 unspecified atom stereocenters. The van der Waals surface area contributed by atoms with Gasteiger partial charge in [0.15, 0.2) is 0 Å². The maximum Gasteiger partial charge on any atom is 0.490 e. The summed E-state index contributed by atoms with van der Waals surface area (Å²) in [5.74, 6) is -2.89. The van der Waals surface area contributed by atoms with E-state index in [9.17, 15) is 21.6 Å². The second kappa shape index (κ2) is 10.4. The summed E-state index contributed by atoms with van der Waals surface area (Å²) in [6.45, 7) is 1.94. The average Bonchev–Trinajstić information content (AvgIpc) is 3.20. The number of rotatable bonds is 5. The minimum Gasteiger partial charge on any atom is -0.475 e. The first kappa shape index (κ1) is 26.4. The Hall–Kier alpha value is -2.90. The summed E-state index contributed by atoms with van der Waals surface area (Å²) in [5, 5.41) is 14.7. The molecule has 176 valence electrons. The first-order valence-electron chi connectivity index (χ1n) is 8.87. The number of aryl methyl sites for hydroxylation is 1. The summed E-state index contributed by atoms with van der Waals surface area (Å²) in [6.07, 6.45) is 0.166. The number of carboxylic acids is 1. The number of thiophene rings is 1. The summed E-state index contributed by atoms with van der Waals surface area (Å²) >= 11 is 2.56. The van der Waals surface area contributed by atoms with E-state index in [-0.39, 0.29) is 15.6 Å². The van der Waals surface area contributed by atoms with Crippen LogP contribution in [0.3, 0.4) is 0 Å². The number of hydrogen-bond acceptors (Lipinski definition) is 7. The van der Waals surface area contributed by atoms with Crippen molar-refractivity contribution in [1.82, 2.24) is 4.98 Å². The second-order valence-corrected chi connectivity index (χ2v) is 10.5. The van der Waals surface area contributed by atoms with Gasteiger partial charge in [0.05, 0.1) is 18.9 Å². The van der Waals surface area contributed by atoms with Gasteiger partial charge in [-0.15, -0.1) is 23.1 Å². The van der Waals surface area contributed by atoms with Gasteiger partial charge in [-0.1, -0.05) is 12.1 Å². The van der Waals surface area contributed by atoms with Crippen LogP contribution in [-0.2, 0) is 14.6 Å². The molecule has 3 aromatic rings. The van der Waals surface area contributed by atoms with Crippen LogP contribution in [0.25, 0.3) is 11.1 Å². The third-order valence-corrected chi connectivity index (χ3v) is 8.46. The standard InChI is InChI=1S/C18H17N3O2S3.C2HF3O2/c1-11-10-21-7-6-14(11)12-4-3-5-13(8-12)26(22,23)16-9-15(17(19)20)25-18(16)24-2;3-2(4,5)1(6)7/h3-10H,1-2H3,(H3,19,20);(H,6,7). The molecule has 0 fully saturated rings. The molecule has 13 heteroatoms. The van der Waals surface area contributed by atoms with Gasteiger partial charge in [0.1, 0.15) is 5.84 Å². The first-order chi connectivity index (χ1) is 15.3. The number of aliphatic carboxylic acids is 1. The molecule has 4 N–H and O–H groups in total. The van der Waals surface area contributed by atoms with Crippen LogP contribution in [0.5, 0.6) is 0 Å². The van der Waals surface area contributed by atoms with Crippen molar-refractivity contribution in [3.8, 4) is 11.1 Å². The molecule has 0 spiro atoms. The van der Waals surface area contributed by atoms with E-state index in [0.717, 1.165) is 16.7 Å². The largest absolute Gasteiger partial charge is 0.490 e. The van der Waals surface area contributed by atoms with Gasteiger partial charge in [0.25, 0.3) is 0 Å². The lowest BCUT2D eigenvalue weighted by Gasteiger charge is -2.09. The normalized spacial score (nSPS) is 11.4. The number of sulfone groups is 1. The van der Waals surface area contributed by atoms with E-state index in [1.807, 2.05) is 25.3 Å². The summed E-state index contributed by atoms with van der Waals surface area (Å²) in [7, 11) is -3.72. The van der Waals surface area contributed by atoms with Crippen LogP contribution in [0.4, 0.5) is 13.2 Å². The van der Waals surface area contributed by atoms with Gasteiger partial charge in [0.2, 0.25) is 9.84 Å². The highest BCUT2D eigenvalue weighted by Gasteiger charge is 2.38. The highest BCUT2D eigenvalue weighted by atomic mass is 32.2. The molecule has 2 aromatic heterocycles. The molecule has 1 aromatic carbocycles. The van der Waals surface area contributed by atoms with Gasteiger partial charge in [0, 0.05) is 12.4 Å². The Morgan fingerprint density at radius 1 is 1.24 bits per heavy atom. The monoisotopic (exact) mass is 517 g/mol. The molecule has 7 nitrogen and oxygen atoms in total. The zero-order valence-corrected chi connectivity index (χ0v) is 19.6. The number of alkyl halides is 3. The number of benzene rings is 1. The number of nitrogens with zero attached hydrogens (tertiary/aromatic N) is 1. The van der Waals surface area contributed by atoms with Crippen LogP contribution in [0.15, 0.2) is 62.8 Å². The van der Waals surface area contributed by atoms with E-state index in [2.05, 4.69) is 4.98 Å². The molecule has 0 saturated carbocycles. The van der Waals surface area contributed by atoms with Crippen molar-refractivity contribution in [3.63, 3.8) is 0 Å². The number of carbonyl (C=O) groups is 1. The molecule has 0 atom stereocenters. The predicted octanol–water partition coefficient (Wildman–Crippen LogP) is 4.59. The molecular formula is C20H18F3N3O4S3. The molecular weight excluding hydrogens is 499 g/mol. The smallest absolute Gasteiger partial charge is 0.475 e. The fourth-order valence-corrected chi connectivity index (χ4v) is 6.48. The Balaban J connectivity index is 0.000000479. The number of thioether (sulfide) groups is 1. The molecule has 0 aliphatic rings. The second-order valence-electron chi connectivity index (χ2n) is 6.40. The molecule has 0 radical (unpaired) electrons. The number of nitrogen functional groups attached to an aromatic ring is 1. The number of hydrogen-bond donors (Lipinski definition) is 3. The molecule has 0 aliphatic heterocycles. The topological polar surface area (TPSA) is 134 Å². The number of aromatic nitrogens is 1. The summed E-state index contributed by atoms with van der Waals surface area (Å²) in [4.78, 5) is 13.8. The average molecular weight is 518 g/mol. The Bertz CT molecular complexity index is 1290. The summed E-state index contributed by atoms with van der Waals surface area (Å²) in [5.41, 5.74) is 8.27. The number of nitrogens with two attached hydrogens (primary N) is 1.